The molecule has 0 aliphatic carbocycles. The van der Waals surface area contributed by atoms with Crippen molar-refractivity contribution in [1.29, 1.82) is 0 Å². The minimum atomic E-state index is -0.412. The Bertz CT molecular complexity index is 519. The molecule has 6 nitrogen and oxygen atoms in total. The molecule has 1 aliphatic rings. The molecular formula is C15H20BrN3O3. The van der Waals surface area contributed by atoms with Crippen LogP contribution in [0.1, 0.15) is 16.8 Å². The van der Waals surface area contributed by atoms with Crippen molar-refractivity contribution in [1.82, 2.24) is 16.0 Å². The van der Waals surface area contributed by atoms with Crippen LogP contribution in [0.4, 0.5) is 0 Å². The van der Waals surface area contributed by atoms with Crippen LogP contribution < -0.4 is 16.0 Å². The van der Waals surface area contributed by atoms with E-state index in [1.54, 1.807) is 12.1 Å². The average Bonchev–Trinajstić information content (AvgIpc) is 2.55. The van der Waals surface area contributed by atoms with E-state index in [0.29, 0.717) is 38.2 Å². The van der Waals surface area contributed by atoms with Crippen LogP contribution in [0.3, 0.4) is 0 Å². The number of hydrogen-bond acceptors (Lipinski definition) is 4. The summed E-state index contributed by atoms with van der Waals surface area (Å²) in [6.07, 6.45) is 0.260. The van der Waals surface area contributed by atoms with E-state index in [1.165, 1.54) is 0 Å². The number of nitrogens with one attached hydrogen (secondary N) is 3. The molecule has 1 unspecified atom stereocenters. The van der Waals surface area contributed by atoms with Crippen molar-refractivity contribution in [2.45, 2.75) is 12.5 Å². The lowest BCUT2D eigenvalue weighted by molar-refractivity contribution is -0.134. The Kier molecular flexibility index (Phi) is 6.82. The highest BCUT2D eigenvalue weighted by atomic mass is 79.9. The van der Waals surface area contributed by atoms with Crippen LogP contribution in [-0.4, -0.2) is 50.7 Å². The Hall–Kier alpha value is -1.44. The fourth-order valence-electron chi connectivity index (χ4n) is 2.08. The maximum absolute atomic E-state index is 11.9. The van der Waals surface area contributed by atoms with Gasteiger partial charge in [0.15, 0.2) is 0 Å². The Morgan fingerprint density at radius 3 is 2.86 bits per heavy atom. The van der Waals surface area contributed by atoms with Crippen LogP contribution >= 0.6 is 15.9 Å². The summed E-state index contributed by atoms with van der Waals surface area (Å²) in [5, 5.41) is 8.75. The Labute approximate surface area is 138 Å². The Morgan fingerprint density at radius 1 is 1.32 bits per heavy atom. The lowest BCUT2D eigenvalue weighted by atomic mass is 10.2. The van der Waals surface area contributed by atoms with Crippen molar-refractivity contribution in [3.05, 3.63) is 34.3 Å². The fourth-order valence-corrected chi connectivity index (χ4v) is 2.48. The fraction of sp³-hybridized carbons (Fsp3) is 0.467. The molecule has 1 atom stereocenters. The van der Waals surface area contributed by atoms with Gasteiger partial charge in [0.1, 0.15) is 6.10 Å². The molecular weight excluding hydrogens is 350 g/mol. The second-order valence-corrected chi connectivity index (χ2v) is 5.89. The lowest BCUT2D eigenvalue weighted by Gasteiger charge is -2.22. The van der Waals surface area contributed by atoms with Crippen molar-refractivity contribution in [3.63, 3.8) is 0 Å². The number of carbonyl (C=O) groups excluding carboxylic acids is 2. The van der Waals surface area contributed by atoms with Gasteiger partial charge in [0, 0.05) is 36.2 Å². The zero-order valence-corrected chi connectivity index (χ0v) is 13.8. The summed E-state index contributed by atoms with van der Waals surface area (Å²) in [5.74, 6) is -0.224. The van der Waals surface area contributed by atoms with E-state index in [1.807, 2.05) is 12.1 Å². The average molecular weight is 370 g/mol. The minimum Gasteiger partial charge on any atom is -0.366 e. The summed E-state index contributed by atoms with van der Waals surface area (Å²) in [7, 11) is 0. The van der Waals surface area contributed by atoms with Gasteiger partial charge in [-0.25, -0.2) is 0 Å². The molecule has 2 amide bonds. The zero-order chi connectivity index (χ0) is 15.8. The highest BCUT2D eigenvalue weighted by Crippen LogP contribution is 2.11. The minimum absolute atomic E-state index is 0.106. The highest BCUT2D eigenvalue weighted by Gasteiger charge is 2.20. The van der Waals surface area contributed by atoms with Crippen molar-refractivity contribution in [2.24, 2.45) is 0 Å². The van der Waals surface area contributed by atoms with Crippen LogP contribution in [0.25, 0.3) is 0 Å². The van der Waals surface area contributed by atoms with Crippen LogP contribution in [0.5, 0.6) is 0 Å². The van der Waals surface area contributed by atoms with Crippen LogP contribution in [-0.2, 0) is 9.53 Å². The number of benzene rings is 1. The maximum atomic E-state index is 11.9. The molecule has 1 aliphatic heterocycles. The summed E-state index contributed by atoms with van der Waals surface area (Å²) in [6.45, 7) is 2.91. The van der Waals surface area contributed by atoms with Crippen molar-refractivity contribution in [2.75, 3.05) is 32.8 Å². The summed E-state index contributed by atoms with van der Waals surface area (Å²) >= 11 is 3.33. The quantitative estimate of drug-likeness (QED) is 0.644. The van der Waals surface area contributed by atoms with E-state index in [-0.39, 0.29) is 11.8 Å². The van der Waals surface area contributed by atoms with Crippen molar-refractivity contribution in [3.8, 4) is 0 Å². The Morgan fingerprint density at radius 2 is 2.14 bits per heavy atom. The normalized spacial score (nSPS) is 17.8. The summed E-state index contributed by atoms with van der Waals surface area (Å²) in [6, 6.07) is 7.21. The van der Waals surface area contributed by atoms with Crippen LogP contribution in [0.2, 0.25) is 0 Å². The molecule has 1 heterocycles. The molecule has 0 radical (unpaired) electrons. The van der Waals surface area contributed by atoms with E-state index in [9.17, 15) is 9.59 Å². The SMILES string of the molecule is O=C(NCCCNC(=O)C1CNCCO1)c1cccc(Br)c1. The van der Waals surface area contributed by atoms with Gasteiger partial charge in [-0.2, -0.15) is 0 Å². The van der Waals surface area contributed by atoms with Gasteiger partial charge in [-0.3, -0.25) is 9.59 Å². The topological polar surface area (TPSA) is 79.5 Å². The third kappa shape index (κ3) is 5.40. The highest BCUT2D eigenvalue weighted by molar-refractivity contribution is 9.10. The van der Waals surface area contributed by atoms with Crippen LogP contribution in [0, 0.1) is 0 Å². The predicted octanol–water partition coefficient (Wildman–Crippen LogP) is 0.674. The van der Waals surface area contributed by atoms with Gasteiger partial charge in [0.25, 0.3) is 5.91 Å². The molecule has 1 aromatic rings. The number of rotatable bonds is 6. The molecule has 1 saturated heterocycles. The second-order valence-electron chi connectivity index (χ2n) is 4.97. The van der Waals surface area contributed by atoms with Crippen LogP contribution in [0.15, 0.2) is 28.7 Å². The van der Waals surface area contributed by atoms with Gasteiger partial charge in [-0.15, -0.1) is 0 Å². The van der Waals surface area contributed by atoms with E-state index in [2.05, 4.69) is 31.9 Å². The molecule has 0 aromatic heterocycles. The van der Waals surface area contributed by atoms with Crippen molar-refractivity contribution < 1.29 is 14.3 Å². The first-order valence-electron chi connectivity index (χ1n) is 7.30. The first kappa shape index (κ1) is 16.9. The number of hydrogen-bond donors (Lipinski definition) is 3. The standard InChI is InChI=1S/C15H20BrN3O3/c16-12-4-1-3-11(9-12)14(20)18-5-2-6-19-15(21)13-10-17-7-8-22-13/h1,3-4,9,13,17H,2,5-8,10H2,(H,18,20)(H,19,21). The Balaban J connectivity index is 1.60. The maximum Gasteiger partial charge on any atom is 0.251 e. The van der Waals surface area contributed by atoms with Gasteiger partial charge in [-0.1, -0.05) is 22.0 Å². The summed E-state index contributed by atoms with van der Waals surface area (Å²) in [5.41, 5.74) is 0.611. The molecule has 7 heteroatoms. The molecule has 1 aromatic carbocycles. The molecule has 22 heavy (non-hydrogen) atoms. The van der Waals surface area contributed by atoms with E-state index in [0.717, 1.165) is 11.0 Å². The van der Waals surface area contributed by atoms with E-state index < -0.39 is 6.10 Å². The number of morpholine rings is 1. The second kappa shape index (κ2) is 8.87. The summed E-state index contributed by atoms with van der Waals surface area (Å²) < 4.78 is 6.22. The summed E-state index contributed by atoms with van der Waals surface area (Å²) in [4.78, 5) is 23.7. The van der Waals surface area contributed by atoms with Gasteiger partial charge in [0.2, 0.25) is 5.91 Å². The first-order valence-corrected chi connectivity index (χ1v) is 8.10. The van der Waals surface area contributed by atoms with E-state index >= 15 is 0 Å². The molecule has 2 rings (SSSR count). The van der Waals surface area contributed by atoms with Gasteiger partial charge in [0.05, 0.1) is 6.61 Å². The number of halogens is 1. The van der Waals surface area contributed by atoms with Gasteiger partial charge < -0.3 is 20.7 Å². The zero-order valence-electron chi connectivity index (χ0n) is 12.2. The van der Waals surface area contributed by atoms with Crippen molar-refractivity contribution >= 4 is 27.7 Å². The smallest absolute Gasteiger partial charge is 0.251 e. The predicted molar refractivity (Wildman–Crippen MR) is 86.7 cm³/mol. The third-order valence-corrected chi connectivity index (χ3v) is 3.74. The largest absolute Gasteiger partial charge is 0.366 e. The number of ether oxygens (including phenoxy) is 1. The molecule has 3 N–H and O–H groups in total. The number of amides is 2. The lowest BCUT2D eigenvalue weighted by Crippen LogP contribution is -2.48. The molecule has 120 valence electrons. The molecule has 0 saturated carbocycles. The third-order valence-electron chi connectivity index (χ3n) is 3.25. The molecule has 0 bridgehead atoms. The monoisotopic (exact) mass is 369 g/mol. The first-order chi connectivity index (χ1) is 10.7. The number of carbonyl (C=O) groups is 2. The molecule has 0 spiro atoms. The molecule has 1 fully saturated rings. The van der Waals surface area contributed by atoms with Gasteiger partial charge >= 0.3 is 0 Å². The van der Waals surface area contributed by atoms with Gasteiger partial charge in [-0.05, 0) is 24.6 Å². The van der Waals surface area contributed by atoms with E-state index in [4.69, 9.17) is 4.74 Å².